The first-order valence-corrected chi connectivity index (χ1v) is 5.14. The van der Waals surface area contributed by atoms with Crippen LogP contribution in [0.5, 0.6) is 0 Å². The second kappa shape index (κ2) is 4.68. The van der Waals surface area contributed by atoms with Gasteiger partial charge in [0.2, 0.25) is 0 Å². The van der Waals surface area contributed by atoms with E-state index in [9.17, 15) is 9.18 Å². The number of carboxylic acid groups (broad SMARTS) is 1. The van der Waals surface area contributed by atoms with Crippen LogP contribution < -0.4 is 0 Å². The number of nitrogens with zero attached hydrogens (tertiary/aromatic N) is 1. The summed E-state index contributed by atoms with van der Waals surface area (Å²) in [6.07, 6.45) is 2.47. The third kappa shape index (κ3) is 2.36. The van der Waals surface area contributed by atoms with Gasteiger partial charge in [-0.05, 0) is 40.6 Å². The molecule has 0 amide bonds. The number of fused-ring (bicyclic) bond motifs is 1. The third-order valence-electron chi connectivity index (χ3n) is 2.49. The molecule has 88 valence electrons. The molecule has 0 unspecified atom stereocenters. The molecule has 4 heteroatoms. The number of hydrogen-bond acceptors (Lipinski definition) is 2. The van der Waals surface area contributed by atoms with Crippen LogP contribution in [0.1, 0.15) is 11.1 Å². The number of aliphatic carboxylic acids is 1. The maximum Gasteiger partial charge on any atom is 0.328 e. The lowest BCUT2D eigenvalue weighted by Crippen LogP contribution is -1.87. The molecule has 1 N–H and O–H groups in total. The first-order chi connectivity index (χ1) is 8.60. The van der Waals surface area contributed by atoms with E-state index in [1.54, 1.807) is 24.3 Å². The van der Waals surface area contributed by atoms with E-state index in [1.807, 2.05) is 0 Å². The average Bonchev–Trinajstić information content (AvgIpc) is 2.35. The van der Waals surface area contributed by atoms with Gasteiger partial charge in [0, 0.05) is 6.08 Å². The van der Waals surface area contributed by atoms with Crippen molar-refractivity contribution in [1.82, 2.24) is 0 Å². The highest BCUT2D eigenvalue weighted by Gasteiger charge is 2.04. The summed E-state index contributed by atoms with van der Waals surface area (Å²) >= 11 is 0. The van der Waals surface area contributed by atoms with Crippen LogP contribution in [0.15, 0.2) is 36.4 Å². The van der Waals surface area contributed by atoms with Crippen LogP contribution in [0.3, 0.4) is 0 Å². The van der Waals surface area contributed by atoms with Crippen molar-refractivity contribution in [1.29, 1.82) is 5.26 Å². The zero-order chi connectivity index (χ0) is 13.1. The van der Waals surface area contributed by atoms with Crippen molar-refractivity contribution in [3.63, 3.8) is 0 Å². The first kappa shape index (κ1) is 11.8. The summed E-state index contributed by atoms with van der Waals surface area (Å²) in [7, 11) is 0. The summed E-state index contributed by atoms with van der Waals surface area (Å²) in [5.41, 5.74) is 0.655. The lowest BCUT2D eigenvalue weighted by atomic mass is 10.0. The van der Waals surface area contributed by atoms with E-state index >= 15 is 0 Å². The topological polar surface area (TPSA) is 61.1 Å². The molecule has 18 heavy (non-hydrogen) atoms. The van der Waals surface area contributed by atoms with Gasteiger partial charge in [-0.1, -0.05) is 12.1 Å². The molecule has 0 spiro atoms. The van der Waals surface area contributed by atoms with E-state index < -0.39 is 11.8 Å². The maximum absolute atomic E-state index is 13.4. The van der Waals surface area contributed by atoms with Crippen LogP contribution >= 0.6 is 0 Å². The predicted molar refractivity (Wildman–Crippen MR) is 65.3 cm³/mol. The lowest BCUT2D eigenvalue weighted by Gasteiger charge is -2.01. The van der Waals surface area contributed by atoms with Gasteiger partial charge in [0.25, 0.3) is 0 Å². The smallest absolute Gasteiger partial charge is 0.328 e. The van der Waals surface area contributed by atoms with Crippen LogP contribution in [-0.2, 0) is 4.79 Å². The van der Waals surface area contributed by atoms with E-state index in [-0.39, 0.29) is 5.56 Å². The van der Waals surface area contributed by atoms with Gasteiger partial charge in [0.1, 0.15) is 11.9 Å². The Hall–Kier alpha value is -2.67. The maximum atomic E-state index is 13.4. The van der Waals surface area contributed by atoms with Gasteiger partial charge in [0.05, 0.1) is 5.56 Å². The van der Waals surface area contributed by atoms with Gasteiger partial charge >= 0.3 is 5.97 Å². The van der Waals surface area contributed by atoms with Crippen LogP contribution in [0.25, 0.3) is 16.8 Å². The molecule has 0 radical (unpaired) electrons. The van der Waals surface area contributed by atoms with E-state index in [2.05, 4.69) is 0 Å². The number of rotatable bonds is 2. The highest BCUT2D eigenvalue weighted by Crippen LogP contribution is 2.21. The van der Waals surface area contributed by atoms with Crippen molar-refractivity contribution < 1.29 is 14.3 Å². The highest BCUT2D eigenvalue weighted by atomic mass is 19.1. The van der Waals surface area contributed by atoms with Gasteiger partial charge in [-0.3, -0.25) is 0 Å². The van der Waals surface area contributed by atoms with Crippen molar-refractivity contribution in [3.8, 4) is 6.07 Å². The molecule has 0 fully saturated rings. The Labute approximate surface area is 102 Å². The zero-order valence-corrected chi connectivity index (χ0v) is 9.22. The average molecular weight is 241 g/mol. The summed E-state index contributed by atoms with van der Waals surface area (Å²) in [6.45, 7) is 0. The second-order valence-electron chi connectivity index (χ2n) is 3.72. The second-order valence-corrected chi connectivity index (χ2v) is 3.72. The summed E-state index contributed by atoms with van der Waals surface area (Å²) < 4.78 is 13.4. The molecule has 0 aliphatic heterocycles. The monoisotopic (exact) mass is 241 g/mol. The number of nitriles is 1. The Kier molecular flexibility index (Phi) is 3.07. The SMILES string of the molecule is N#Cc1cc2cc(/C=C/C(=O)O)ccc2cc1F. The fourth-order valence-corrected chi connectivity index (χ4v) is 1.65. The lowest BCUT2D eigenvalue weighted by molar-refractivity contribution is -0.131. The number of carbonyl (C=O) groups is 1. The van der Waals surface area contributed by atoms with Crippen molar-refractivity contribution in [2.75, 3.05) is 0 Å². The van der Waals surface area contributed by atoms with Gasteiger partial charge in [0.15, 0.2) is 0 Å². The molecule has 0 aromatic heterocycles. The Balaban J connectivity index is 2.54. The Morgan fingerprint density at radius 1 is 1.28 bits per heavy atom. The van der Waals surface area contributed by atoms with Crippen molar-refractivity contribution >= 4 is 22.8 Å². The fraction of sp³-hybridized carbons (Fsp3) is 0. The first-order valence-electron chi connectivity index (χ1n) is 5.14. The van der Waals surface area contributed by atoms with Crippen LogP contribution in [0.2, 0.25) is 0 Å². The minimum absolute atomic E-state index is 0.0261. The summed E-state index contributed by atoms with van der Waals surface area (Å²) in [6, 6.07) is 9.58. The number of benzene rings is 2. The van der Waals surface area contributed by atoms with E-state index in [0.29, 0.717) is 16.3 Å². The molecule has 2 aromatic rings. The molecule has 2 rings (SSSR count). The number of hydrogen-bond donors (Lipinski definition) is 1. The zero-order valence-electron chi connectivity index (χ0n) is 9.22. The Morgan fingerprint density at radius 2 is 2.06 bits per heavy atom. The molecular formula is C14H8FNO2. The van der Waals surface area contributed by atoms with Crippen LogP contribution in [0.4, 0.5) is 4.39 Å². The summed E-state index contributed by atoms with van der Waals surface area (Å²) in [4.78, 5) is 10.4. The molecule has 0 aliphatic carbocycles. The number of halogens is 1. The Bertz CT molecular complexity index is 699. The quantitative estimate of drug-likeness (QED) is 0.822. The van der Waals surface area contributed by atoms with E-state index in [1.165, 1.54) is 18.2 Å². The fourth-order valence-electron chi connectivity index (χ4n) is 1.65. The molecule has 2 aromatic carbocycles. The molecule has 3 nitrogen and oxygen atoms in total. The largest absolute Gasteiger partial charge is 0.478 e. The van der Waals surface area contributed by atoms with Crippen molar-refractivity contribution in [2.24, 2.45) is 0 Å². The van der Waals surface area contributed by atoms with Gasteiger partial charge < -0.3 is 5.11 Å². The van der Waals surface area contributed by atoms with Crippen LogP contribution in [-0.4, -0.2) is 11.1 Å². The Morgan fingerprint density at radius 3 is 2.72 bits per heavy atom. The summed E-state index contributed by atoms with van der Waals surface area (Å²) in [5.74, 6) is -1.59. The van der Waals surface area contributed by atoms with Gasteiger partial charge in [-0.25, -0.2) is 9.18 Å². The molecule has 0 saturated carbocycles. The predicted octanol–water partition coefficient (Wildman–Crippen LogP) is 2.95. The van der Waals surface area contributed by atoms with E-state index in [4.69, 9.17) is 10.4 Å². The molecule has 0 saturated heterocycles. The van der Waals surface area contributed by atoms with E-state index in [0.717, 1.165) is 6.08 Å². The summed E-state index contributed by atoms with van der Waals surface area (Å²) in [5, 5.41) is 18.6. The molecule has 0 heterocycles. The van der Waals surface area contributed by atoms with Crippen LogP contribution in [0, 0.1) is 17.1 Å². The molecule has 0 aliphatic rings. The molecular weight excluding hydrogens is 233 g/mol. The standard InChI is InChI=1S/C14H8FNO2/c15-13-7-10-3-1-9(2-4-14(17)18)5-11(10)6-12(13)8-16/h1-7H,(H,17,18)/b4-2+. The minimum Gasteiger partial charge on any atom is -0.478 e. The van der Waals surface area contributed by atoms with Gasteiger partial charge in [-0.15, -0.1) is 0 Å². The molecule has 0 atom stereocenters. The number of carboxylic acids is 1. The van der Waals surface area contributed by atoms with Gasteiger partial charge in [-0.2, -0.15) is 5.26 Å². The van der Waals surface area contributed by atoms with Crippen molar-refractivity contribution in [3.05, 3.63) is 53.4 Å². The third-order valence-corrected chi connectivity index (χ3v) is 2.49. The highest BCUT2D eigenvalue weighted by molar-refractivity contribution is 5.89. The van der Waals surface area contributed by atoms with Crippen molar-refractivity contribution in [2.45, 2.75) is 0 Å². The minimum atomic E-state index is -1.04. The molecule has 0 bridgehead atoms. The normalized spacial score (nSPS) is 10.7.